The van der Waals surface area contributed by atoms with Gasteiger partial charge in [0.15, 0.2) is 0 Å². The Kier molecular flexibility index (Phi) is 4.12. The minimum atomic E-state index is -3.93. The number of sulfonamides is 1. The van der Waals surface area contributed by atoms with Gasteiger partial charge >= 0.3 is 0 Å². The molecule has 6 nitrogen and oxygen atoms in total. The fourth-order valence-corrected chi connectivity index (χ4v) is 2.95. The van der Waals surface area contributed by atoms with Crippen molar-refractivity contribution in [3.63, 3.8) is 0 Å². The zero-order valence-corrected chi connectivity index (χ0v) is 12.3. The number of aryl methyl sites for hydroxylation is 1. The summed E-state index contributed by atoms with van der Waals surface area (Å²) in [6, 6.07) is 4.51. The van der Waals surface area contributed by atoms with Gasteiger partial charge in [-0.25, -0.2) is 13.6 Å². The van der Waals surface area contributed by atoms with Gasteiger partial charge in [-0.2, -0.15) is 0 Å². The zero-order valence-electron chi connectivity index (χ0n) is 11.5. The Labute approximate surface area is 118 Å². The number of rotatable bonds is 3. The number of carbonyl (C=O) groups excluding carboxylic acids is 1. The molecule has 1 amide bonds. The van der Waals surface area contributed by atoms with Crippen LogP contribution in [0.15, 0.2) is 23.1 Å². The molecular formula is C13H18N2O4S. The summed E-state index contributed by atoms with van der Waals surface area (Å²) in [5.74, 6) is -0.353. The number of hydrogen-bond acceptors (Lipinski definition) is 4. The maximum absolute atomic E-state index is 12.5. The molecule has 2 rings (SSSR count). The fourth-order valence-electron chi connectivity index (χ4n) is 2.24. The normalized spacial score (nSPS) is 19.1. The van der Waals surface area contributed by atoms with E-state index in [9.17, 15) is 13.2 Å². The van der Waals surface area contributed by atoms with Crippen molar-refractivity contribution in [2.75, 3.05) is 20.3 Å². The summed E-state index contributed by atoms with van der Waals surface area (Å²) in [6.07, 6.45) is 0.749. The highest BCUT2D eigenvalue weighted by Crippen LogP contribution is 2.20. The molecule has 0 aromatic heterocycles. The first kappa shape index (κ1) is 15.0. The molecule has 1 unspecified atom stereocenters. The van der Waals surface area contributed by atoms with E-state index in [1.807, 2.05) is 0 Å². The topological polar surface area (TPSA) is 89.7 Å². The molecule has 110 valence electrons. The standard InChI is InChI=1S/C13H18N2O4S/c1-9-3-4-12(20(14,17)18)11(7-9)13(16)15(2)10-5-6-19-8-10/h3-4,7,10H,5-6,8H2,1-2H3,(H2,14,17,18). The lowest BCUT2D eigenvalue weighted by atomic mass is 10.1. The Hall–Kier alpha value is -1.44. The van der Waals surface area contributed by atoms with Crippen molar-refractivity contribution in [2.45, 2.75) is 24.3 Å². The second-order valence-electron chi connectivity index (χ2n) is 4.98. The SMILES string of the molecule is Cc1ccc(S(N)(=O)=O)c(C(=O)N(C)C2CCOC2)c1. The van der Waals surface area contributed by atoms with E-state index in [2.05, 4.69) is 0 Å². The molecule has 20 heavy (non-hydrogen) atoms. The van der Waals surface area contributed by atoms with Crippen LogP contribution in [-0.4, -0.2) is 45.5 Å². The summed E-state index contributed by atoms with van der Waals surface area (Å²) in [7, 11) is -2.28. The number of nitrogens with zero attached hydrogens (tertiary/aromatic N) is 1. The van der Waals surface area contributed by atoms with Crippen LogP contribution in [0.2, 0.25) is 0 Å². The second-order valence-corrected chi connectivity index (χ2v) is 6.51. The Morgan fingerprint density at radius 1 is 1.45 bits per heavy atom. The van der Waals surface area contributed by atoms with Gasteiger partial charge in [-0.3, -0.25) is 4.79 Å². The van der Waals surface area contributed by atoms with E-state index in [0.29, 0.717) is 13.2 Å². The van der Waals surface area contributed by atoms with E-state index in [0.717, 1.165) is 12.0 Å². The highest BCUT2D eigenvalue weighted by Gasteiger charge is 2.28. The predicted octanol–water partition coefficient (Wildman–Crippen LogP) is 0.503. The fraction of sp³-hybridized carbons (Fsp3) is 0.462. The first-order valence-electron chi connectivity index (χ1n) is 6.29. The summed E-state index contributed by atoms with van der Waals surface area (Å²) < 4.78 is 28.4. The van der Waals surface area contributed by atoms with Gasteiger partial charge in [-0.1, -0.05) is 11.6 Å². The summed E-state index contributed by atoms with van der Waals surface area (Å²) >= 11 is 0. The average molecular weight is 298 g/mol. The van der Waals surface area contributed by atoms with Gasteiger partial charge in [0.25, 0.3) is 5.91 Å². The lowest BCUT2D eigenvalue weighted by Crippen LogP contribution is -2.38. The molecule has 0 spiro atoms. The van der Waals surface area contributed by atoms with Gasteiger partial charge < -0.3 is 9.64 Å². The van der Waals surface area contributed by atoms with Crippen LogP contribution in [-0.2, 0) is 14.8 Å². The Morgan fingerprint density at radius 2 is 2.15 bits per heavy atom. The minimum Gasteiger partial charge on any atom is -0.379 e. The quantitative estimate of drug-likeness (QED) is 0.880. The summed E-state index contributed by atoms with van der Waals surface area (Å²) in [5.41, 5.74) is 0.915. The number of hydrogen-bond donors (Lipinski definition) is 1. The van der Waals surface area contributed by atoms with Gasteiger partial charge in [-0.05, 0) is 25.5 Å². The van der Waals surface area contributed by atoms with E-state index in [4.69, 9.17) is 9.88 Å². The highest BCUT2D eigenvalue weighted by atomic mass is 32.2. The number of carbonyl (C=O) groups is 1. The number of ether oxygens (including phenoxy) is 1. The van der Waals surface area contributed by atoms with Crippen LogP contribution < -0.4 is 5.14 Å². The molecule has 1 aliphatic rings. The molecule has 2 N–H and O–H groups in total. The molecule has 0 saturated carbocycles. The average Bonchev–Trinajstić information content (AvgIpc) is 2.89. The first-order valence-corrected chi connectivity index (χ1v) is 7.83. The third kappa shape index (κ3) is 3.00. The van der Waals surface area contributed by atoms with E-state index >= 15 is 0 Å². The Balaban J connectivity index is 2.40. The first-order chi connectivity index (χ1) is 9.30. The molecule has 0 bridgehead atoms. The largest absolute Gasteiger partial charge is 0.379 e. The molecule has 1 aromatic carbocycles. The molecule has 1 aromatic rings. The zero-order chi connectivity index (χ0) is 14.9. The third-order valence-electron chi connectivity index (χ3n) is 3.45. The Morgan fingerprint density at radius 3 is 2.70 bits per heavy atom. The summed E-state index contributed by atoms with van der Waals surface area (Å²) in [6.45, 7) is 2.87. The molecule has 1 heterocycles. The van der Waals surface area contributed by atoms with Gasteiger partial charge in [0.1, 0.15) is 0 Å². The third-order valence-corrected chi connectivity index (χ3v) is 4.41. The molecule has 0 radical (unpaired) electrons. The number of likely N-dealkylation sites (N-methyl/N-ethyl adjacent to an activating group) is 1. The van der Waals surface area contributed by atoms with Crippen molar-refractivity contribution >= 4 is 15.9 Å². The smallest absolute Gasteiger partial charge is 0.255 e. The van der Waals surface area contributed by atoms with Crippen molar-refractivity contribution in [3.8, 4) is 0 Å². The molecular weight excluding hydrogens is 280 g/mol. The predicted molar refractivity (Wildman–Crippen MR) is 73.9 cm³/mol. The van der Waals surface area contributed by atoms with Crippen LogP contribution >= 0.6 is 0 Å². The molecule has 0 aliphatic carbocycles. The van der Waals surface area contributed by atoms with E-state index in [1.54, 1.807) is 26.1 Å². The van der Waals surface area contributed by atoms with E-state index in [1.165, 1.54) is 11.0 Å². The summed E-state index contributed by atoms with van der Waals surface area (Å²) in [4.78, 5) is 13.9. The van der Waals surface area contributed by atoms with Gasteiger partial charge in [0, 0.05) is 13.7 Å². The van der Waals surface area contributed by atoms with Gasteiger partial charge in [0.2, 0.25) is 10.0 Å². The van der Waals surface area contributed by atoms with Crippen molar-refractivity contribution in [1.29, 1.82) is 0 Å². The van der Waals surface area contributed by atoms with Crippen LogP contribution in [0.4, 0.5) is 0 Å². The maximum atomic E-state index is 12.5. The molecule has 1 saturated heterocycles. The van der Waals surface area contributed by atoms with Crippen molar-refractivity contribution in [3.05, 3.63) is 29.3 Å². The molecule has 7 heteroatoms. The maximum Gasteiger partial charge on any atom is 0.255 e. The van der Waals surface area contributed by atoms with Gasteiger partial charge in [0.05, 0.1) is 23.1 Å². The van der Waals surface area contributed by atoms with Crippen molar-refractivity contribution in [2.24, 2.45) is 5.14 Å². The van der Waals surface area contributed by atoms with Crippen molar-refractivity contribution < 1.29 is 17.9 Å². The number of nitrogens with two attached hydrogens (primary N) is 1. The highest BCUT2D eigenvalue weighted by molar-refractivity contribution is 7.89. The number of benzene rings is 1. The van der Waals surface area contributed by atoms with E-state index in [-0.39, 0.29) is 22.4 Å². The monoisotopic (exact) mass is 298 g/mol. The van der Waals surface area contributed by atoms with Crippen LogP contribution in [0.1, 0.15) is 22.3 Å². The number of primary sulfonamides is 1. The lowest BCUT2D eigenvalue weighted by Gasteiger charge is -2.24. The second kappa shape index (κ2) is 5.51. The van der Waals surface area contributed by atoms with Gasteiger partial charge in [-0.15, -0.1) is 0 Å². The van der Waals surface area contributed by atoms with Crippen molar-refractivity contribution in [1.82, 2.24) is 4.90 Å². The summed E-state index contributed by atoms with van der Waals surface area (Å²) in [5, 5.41) is 5.18. The molecule has 1 aliphatic heterocycles. The van der Waals surface area contributed by atoms with Crippen LogP contribution in [0.3, 0.4) is 0 Å². The Bertz CT molecular complexity index is 621. The number of amides is 1. The van der Waals surface area contributed by atoms with Crippen LogP contribution in [0, 0.1) is 6.92 Å². The molecule has 1 fully saturated rings. The van der Waals surface area contributed by atoms with Crippen LogP contribution in [0.25, 0.3) is 0 Å². The molecule has 1 atom stereocenters. The van der Waals surface area contributed by atoms with Crippen LogP contribution in [0.5, 0.6) is 0 Å². The lowest BCUT2D eigenvalue weighted by molar-refractivity contribution is 0.0707. The van der Waals surface area contributed by atoms with E-state index < -0.39 is 10.0 Å². The minimum absolute atomic E-state index is 0.0312.